The molecule has 136 valence electrons. The normalized spacial score (nSPS) is 19.2. The first-order valence-electron chi connectivity index (χ1n) is 8.85. The van der Waals surface area contributed by atoms with Gasteiger partial charge in [-0.15, -0.1) is 0 Å². The first-order valence-corrected chi connectivity index (χ1v) is 8.85. The van der Waals surface area contributed by atoms with E-state index in [4.69, 9.17) is 4.74 Å². The molecule has 0 aliphatic carbocycles. The summed E-state index contributed by atoms with van der Waals surface area (Å²) in [4.78, 5) is 4.93. The lowest BCUT2D eigenvalue weighted by Gasteiger charge is -2.41. The van der Waals surface area contributed by atoms with Gasteiger partial charge < -0.3 is 9.84 Å². The van der Waals surface area contributed by atoms with Crippen LogP contribution >= 0.6 is 0 Å². The third kappa shape index (κ3) is 4.81. The molecule has 0 bridgehead atoms. The summed E-state index contributed by atoms with van der Waals surface area (Å²) >= 11 is 0. The topological polar surface area (TPSA) is 53.8 Å². The zero-order chi connectivity index (χ0) is 17.6. The molecule has 1 aromatic carbocycles. The summed E-state index contributed by atoms with van der Waals surface area (Å²) in [6, 6.07) is 8.61. The number of rotatable bonds is 7. The van der Waals surface area contributed by atoms with Crippen molar-refractivity contribution < 1.29 is 9.84 Å². The van der Waals surface area contributed by atoms with Crippen LogP contribution in [0.3, 0.4) is 0 Å². The van der Waals surface area contributed by atoms with E-state index in [9.17, 15) is 5.11 Å². The molecular weight excluding hydrogens is 316 g/mol. The average Bonchev–Trinajstić information content (AvgIpc) is 3.02. The highest BCUT2D eigenvalue weighted by Gasteiger charge is 2.26. The highest BCUT2D eigenvalue weighted by Crippen LogP contribution is 2.20. The Morgan fingerprint density at radius 1 is 1.24 bits per heavy atom. The monoisotopic (exact) mass is 344 g/mol. The number of ether oxygens (including phenoxy) is 1. The van der Waals surface area contributed by atoms with Crippen molar-refractivity contribution in [2.24, 2.45) is 7.05 Å². The Morgan fingerprint density at radius 2 is 2.12 bits per heavy atom. The van der Waals surface area contributed by atoms with Gasteiger partial charge in [-0.25, -0.2) is 0 Å². The Morgan fingerprint density at radius 3 is 2.84 bits per heavy atom. The number of aliphatic hydroxyl groups excluding tert-OH is 1. The molecule has 1 aliphatic rings. The van der Waals surface area contributed by atoms with E-state index in [1.54, 1.807) is 7.11 Å². The molecule has 1 atom stereocenters. The van der Waals surface area contributed by atoms with E-state index in [0.29, 0.717) is 6.04 Å². The molecule has 6 heteroatoms. The first-order chi connectivity index (χ1) is 12.2. The molecule has 0 saturated carbocycles. The lowest BCUT2D eigenvalue weighted by atomic mass is 10.1. The van der Waals surface area contributed by atoms with Gasteiger partial charge in [0.15, 0.2) is 0 Å². The van der Waals surface area contributed by atoms with Crippen molar-refractivity contribution in [1.82, 2.24) is 19.6 Å². The number of hydrogen-bond donors (Lipinski definition) is 1. The van der Waals surface area contributed by atoms with Crippen molar-refractivity contribution in [3.05, 3.63) is 47.8 Å². The van der Waals surface area contributed by atoms with E-state index >= 15 is 0 Å². The van der Waals surface area contributed by atoms with E-state index < -0.39 is 0 Å². The summed E-state index contributed by atoms with van der Waals surface area (Å²) in [7, 11) is 3.65. The number of piperazine rings is 1. The fourth-order valence-corrected chi connectivity index (χ4v) is 3.55. The van der Waals surface area contributed by atoms with Gasteiger partial charge in [-0.2, -0.15) is 5.10 Å². The largest absolute Gasteiger partial charge is 0.497 e. The maximum atomic E-state index is 9.49. The second-order valence-electron chi connectivity index (χ2n) is 6.75. The van der Waals surface area contributed by atoms with Gasteiger partial charge in [0.2, 0.25) is 0 Å². The fourth-order valence-electron chi connectivity index (χ4n) is 3.55. The van der Waals surface area contributed by atoms with Crippen LogP contribution in [0.15, 0.2) is 36.7 Å². The summed E-state index contributed by atoms with van der Waals surface area (Å²) < 4.78 is 7.18. The zero-order valence-electron chi connectivity index (χ0n) is 15.1. The zero-order valence-corrected chi connectivity index (χ0v) is 15.1. The van der Waals surface area contributed by atoms with E-state index in [-0.39, 0.29) is 6.61 Å². The maximum Gasteiger partial charge on any atom is 0.119 e. The number of methoxy groups -OCH3 is 1. The summed E-state index contributed by atoms with van der Waals surface area (Å²) in [5.41, 5.74) is 2.49. The van der Waals surface area contributed by atoms with Gasteiger partial charge in [-0.1, -0.05) is 12.1 Å². The SMILES string of the molecule is COc1cccc(CN2CCN(Cc3cnn(C)c3)C[C@@H]2CCO)c1. The average molecular weight is 344 g/mol. The molecule has 0 amide bonds. The fraction of sp³-hybridized carbons (Fsp3) is 0.526. The summed E-state index contributed by atoms with van der Waals surface area (Å²) in [5.74, 6) is 0.895. The maximum absolute atomic E-state index is 9.49. The van der Waals surface area contributed by atoms with Gasteiger partial charge in [0.25, 0.3) is 0 Å². The molecular formula is C19H28N4O2. The number of aryl methyl sites for hydroxylation is 1. The van der Waals surface area contributed by atoms with Crippen LogP contribution in [0.5, 0.6) is 5.75 Å². The van der Waals surface area contributed by atoms with Crippen LogP contribution < -0.4 is 4.74 Å². The van der Waals surface area contributed by atoms with Gasteiger partial charge in [0, 0.05) is 64.2 Å². The lowest BCUT2D eigenvalue weighted by molar-refractivity contribution is 0.0499. The number of hydrogen-bond acceptors (Lipinski definition) is 5. The Kier molecular flexibility index (Phi) is 6.07. The first kappa shape index (κ1) is 17.9. The van der Waals surface area contributed by atoms with Crippen molar-refractivity contribution in [3.63, 3.8) is 0 Å². The Balaban J connectivity index is 1.62. The summed E-state index contributed by atoms with van der Waals surface area (Å²) in [6.07, 6.45) is 4.81. The van der Waals surface area contributed by atoms with Crippen LogP contribution in [0.1, 0.15) is 17.5 Å². The second-order valence-corrected chi connectivity index (χ2v) is 6.75. The molecule has 1 fully saturated rings. The summed E-state index contributed by atoms with van der Waals surface area (Å²) in [5, 5.41) is 13.7. The molecule has 2 heterocycles. The van der Waals surface area contributed by atoms with Gasteiger partial charge in [-0.05, 0) is 24.1 Å². The van der Waals surface area contributed by atoms with Crippen molar-refractivity contribution in [1.29, 1.82) is 0 Å². The summed E-state index contributed by atoms with van der Waals surface area (Å²) in [6.45, 7) is 5.04. The number of aliphatic hydroxyl groups is 1. The van der Waals surface area contributed by atoms with Crippen molar-refractivity contribution in [2.75, 3.05) is 33.4 Å². The molecule has 6 nitrogen and oxygen atoms in total. The van der Waals surface area contributed by atoms with E-state index in [0.717, 1.165) is 44.9 Å². The molecule has 3 rings (SSSR count). The molecule has 0 unspecified atom stereocenters. The van der Waals surface area contributed by atoms with Gasteiger partial charge in [0.1, 0.15) is 5.75 Å². The quantitative estimate of drug-likeness (QED) is 0.825. The minimum atomic E-state index is 0.222. The lowest BCUT2D eigenvalue weighted by Crippen LogP contribution is -2.52. The number of benzene rings is 1. The third-order valence-electron chi connectivity index (χ3n) is 4.84. The van der Waals surface area contributed by atoms with Crippen LogP contribution in [-0.4, -0.2) is 64.1 Å². The van der Waals surface area contributed by atoms with Crippen LogP contribution in [0.2, 0.25) is 0 Å². The van der Waals surface area contributed by atoms with E-state index in [1.807, 2.05) is 30.1 Å². The van der Waals surface area contributed by atoms with Crippen molar-refractivity contribution in [3.8, 4) is 5.75 Å². The standard InChI is InChI=1S/C19H28N4O2/c1-21-12-17(11-20-21)13-22-7-8-23(18(15-22)6-9-24)14-16-4-3-5-19(10-16)25-2/h3-5,10-12,18,24H,6-9,13-15H2,1-2H3/t18-/m0/s1. The van der Waals surface area contributed by atoms with E-state index in [2.05, 4.69) is 33.2 Å². The second kappa shape index (κ2) is 8.47. The number of nitrogens with zero attached hydrogens (tertiary/aromatic N) is 4. The van der Waals surface area contributed by atoms with Gasteiger partial charge >= 0.3 is 0 Å². The third-order valence-corrected chi connectivity index (χ3v) is 4.84. The molecule has 1 saturated heterocycles. The molecule has 0 spiro atoms. The molecule has 1 aliphatic heterocycles. The highest BCUT2D eigenvalue weighted by molar-refractivity contribution is 5.28. The Bertz CT molecular complexity index is 673. The minimum absolute atomic E-state index is 0.222. The predicted molar refractivity (Wildman–Crippen MR) is 97.4 cm³/mol. The van der Waals surface area contributed by atoms with Gasteiger partial charge in [0.05, 0.1) is 13.3 Å². The van der Waals surface area contributed by atoms with Gasteiger partial charge in [-0.3, -0.25) is 14.5 Å². The molecule has 2 aromatic rings. The van der Waals surface area contributed by atoms with Crippen LogP contribution in [0, 0.1) is 0 Å². The molecule has 0 radical (unpaired) electrons. The van der Waals surface area contributed by atoms with Crippen LogP contribution in [-0.2, 0) is 20.1 Å². The van der Waals surface area contributed by atoms with Crippen LogP contribution in [0.4, 0.5) is 0 Å². The Labute approximate surface area is 149 Å². The predicted octanol–water partition coefficient (Wildman–Crippen LogP) is 1.50. The number of aromatic nitrogens is 2. The molecule has 1 aromatic heterocycles. The van der Waals surface area contributed by atoms with Crippen molar-refractivity contribution >= 4 is 0 Å². The van der Waals surface area contributed by atoms with Crippen molar-refractivity contribution in [2.45, 2.75) is 25.6 Å². The van der Waals surface area contributed by atoms with Crippen LogP contribution in [0.25, 0.3) is 0 Å². The smallest absolute Gasteiger partial charge is 0.119 e. The highest BCUT2D eigenvalue weighted by atomic mass is 16.5. The van der Waals surface area contributed by atoms with E-state index in [1.165, 1.54) is 11.1 Å². The molecule has 25 heavy (non-hydrogen) atoms. The molecule has 1 N–H and O–H groups in total. The minimum Gasteiger partial charge on any atom is -0.497 e. The Hall–Kier alpha value is -1.89.